The number of benzene rings is 2. The van der Waals surface area contributed by atoms with Crippen molar-refractivity contribution >= 4 is 53.2 Å². The molecular formula is C55H74F2N12O10. The Labute approximate surface area is 458 Å². The van der Waals surface area contributed by atoms with Gasteiger partial charge in [-0.3, -0.25) is 48.1 Å². The highest BCUT2D eigenvalue weighted by Crippen LogP contribution is 2.41. The molecule has 12 N–H and O–H groups in total. The molecule has 2 aromatic carbocycles. The van der Waals surface area contributed by atoms with Gasteiger partial charge in [0.25, 0.3) is 0 Å². The molecule has 0 saturated heterocycles. The Kier molecular flexibility index (Phi) is 24.7. The van der Waals surface area contributed by atoms with E-state index in [1.807, 2.05) is 51.1 Å². The highest BCUT2D eigenvalue weighted by Gasteiger charge is 2.38. The van der Waals surface area contributed by atoms with Crippen LogP contribution < -0.4 is 48.7 Å². The van der Waals surface area contributed by atoms with E-state index < -0.39 is 119 Å². The predicted octanol–water partition coefficient (Wildman–Crippen LogP) is 1.14. The third kappa shape index (κ3) is 20.3. The first kappa shape index (κ1) is 63.4. The highest BCUT2D eigenvalue weighted by atomic mass is 19.1. The van der Waals surface area contributed by atoms with Crippen LogP contribution in [0.2, 0.25) is 0 Å². The Morgan fingerprint density at radius 1 is 0.722 bits per heavy atom. The highest BCUT2D eigenvalue weighted by molar-refractivity contribution is 5.96. The maximum Gasteiger partial charge on any atom is 0.248 e. The van der Waals surface area contributed by atoms with Crippen LogP contribution in [0.1, 0.15) is 96.5 Å². The summed E-state index contributed by atoms with van der Waals surface area (Å²) in [6, 6.07) is 9.73. The molecule has 428 valence electrons. The second-order valence-electron chi connectivity index (χ2n) is 20.2. The summed E-state index contributed by atoms with van der Waals surface area (Å²) in [6.07, 6.45) is 4.92. The fourth-order valence-corrected chi connectivity index (χ4v) is 8.67. The normalized spacial score (nSPS) is 13.5. The SMILES string of the molecule is CC(=O)N[C@@H](CCCCN)C(=O)NCCNC(=O)[C@H](CCN(C(=O)CO)[C@@H](c1cc(-c2cc(F)ccc2F)cn1Cc1ccccc1)C(C)(C)C)NC(=O)C[C@H](NC(=O)[C@H](C)NC(=O)[C@H](C)NC(=O)Cc1ccncc1)C(N)=O. The third-order valence-electron chi connectivity index (χ3n) is 12.6. The minimum atomic E-state index is -1.68. The minimum Gasteiger partial charge on any atom is -0.387 e. The Morgan fingerprint density at radius 3 is 1.94 bits per heavy atom. The van der Waals surface area contributed by atoms with Crippen molar-refractivity contribution in [1.82, 2.24) is 51.7 Å². The molecule has 6 atom stereocenters. The van der Waals surface area contributed by atoms with Crippen LogP contribution in [0, 0.1) is 17.0 Å². The quantitative estimate of drug-likeness (QED) is 0.0329. The van der Waals surface area contributed by atoms with Crippen LogP contribution in [0.15, 0.2) is 85.3 Å². The molecule has 0 saturated carbocycles. The van der Waals surface area contributed by atoms with Crippen LogP contribution in [0.25, 0.3) is 11.1 Å². The number of halogens is 2. The van der Waals surface area contributed by atoms with Gasteiger partial charge in [-0.1, -0.05) is 51.1 Å². The zero-order valence-corrected chi connectivity index (χ0v) is 45.4. The minimum absolute atomic E-state index is 0.0409. The molecule has 0 fully saturated rings. The fourth-order valence-electron chi connectivity index (χ4n) is 8.67. The topological polar surface area (TPSA) is 331 Å². The van der Waals surface area contributed by atoms with Gasteiger partial charge < -0.3 is 63.3 Å². The van der Waals surface area contributed by atoms with E-state index in [2.05, 4.69) is 42.2 Å². The van der Waals surface area contributed by atoms with Gasteiger partial charge in [0.05, 0.1) is 18.9 Å². The molecule has 24 heteroatoms. The summed E-state index contributed by atoms with van der Waals surface area (Å²) in [5.41, 5.74) is 12.5. The Bertz CT molecular complexity index is 2740. The number of nitrogens with one attached hydrogen (secondary N) is 7. The van der Waals surface area contributed by atoms with E-state index in [4.69, 9.17) is 11.5 Å². The number of aliphatic hydroxyl groups is 1. The molecule has 0 bridgehead atoms. The predicted molar refractivity (Wildman–Crippen MR) is 288 cm³/mol. The zero-order chi connectivity index (χ0) is 58.4. The fraction of sp³-hybridized carbons (Fsp3) is 0.455. The molecule has 2 aromatic heterocycles. The number of amides is 9. The van der Waals surface area contributed by atoms with Gasteiger partial charge in [0, 0.05) is 68.5 Å². The zero-order valence-electron chi connectivity index (χ0n) is 45.4. The lowest BCUT2D eigenvalue weighted by Crippen LogP contribution is -2.56. The van der Waals surface area contributed by atoms with Gasteiger partial charge in [-0.15, -0.1) is 0 Å². The van der Waals surface area contributed by atoms with Crippen LogP contribution in [-0.2, 0) is 56.1 Å². The number of primary amides is 1. The van der Waals surface area contributed by atoms with E-state index in [-0.39, 0.29) is 50.1 Å². The number of hydrogen-bond donors (Lipinski definition) is 10. The maximum absolute atomic E-state index is 15.4. The van der Waals surface area contributed by atoms with Gasteiger partial charge in [-0.25, -0.2) is 8.78 Å². The third-order valence-corrected chi connectivity index (χ3v) is 12.6. The molecule has 0 radical (unpaired) electrons. The summed E-state index contributed by atoms with van der Waals surface area (Å²) in [7, 11) is 0. The van der Waals surface area contributed by atoms with Crippen LogP contribution in [-0.4, -0.2) is 136 Å². The molecule has 4 rings (SSSR count). The lowest BCUT2D eigenvalue weighted by Gasteiger charge is -2.41. The van der Waals surface area contributed by atoms with Crippen LogP contribution in [0.5, 0.6) is 0 Å². The van der Waals surface area contributed by atoms with E-state index in [0.717, 1.165) is 23.8 Å². The Balaban J connectivity index is 1.61. The van der Waals surface area contributed by atoms with Crippen LogP contribution in [0.4, 0.5) is 8.78 Å². The van der Waals surface area contributed by atoms with E-state index in [9.17, 15) is 52.6 Å². The van der Waals surface area contributed by atoms with E-state index >= 15 is 4.39 Å². The summed E-state index contributed by atoms with van der Waals surface area (Å²) in [6.45, 7) is 8.38. The first-order chi connectivity index (χ1) is 37.4. The average molecular weight is 1100 g/mol. The van der Waals surface area contributed by atoms with Crippen molar-refractivity contribution in [3.63, 3.8) is 0 Å². The van der Waals surface area contributed by atoms with Gasteiger partial charge in [-0.05, 0) is 99.0 Å². The second-order valence-corrected chi connectivity index (χ2v) is 20.2. The molecule has 0 spiro atoms. The first-order valence-electron chi connectivity index (χ1n) is 25.9. The van der Waals surface area contributed by atoms with Crippen molar-refractivity contribution in [2.75, 3.05) is 32.8 Å². The lowest BCUT2D eigenvalue weighted by atomic mass is 9.82. The lowest BCUT2D eigenvalue weighted by molar-refractivity contribution is -0.140. The number of carbonyl (C=O) groups is 9. The number of carbonyl (C=O) groups excluding carboxylic acids is 9. The number of hydrogen-bond acceptors (Lipinski definition) is 12. The van der Waals surface area contributed by atoms with Crippen molar-refractivity contribution in [1.29, 1.82) is 0 Å². The second kappa shape index (κ2) is 30.7. The van der Waals surface area contributed by atoms with Crippen molar-refractivity contribution in [2.24, 2.45) is 16.9 Å². The number of rotatable bonds is 30. The molecule has 79 heavy (non-hydrogen) atoms. The van der Waals surface area contributed by atoms with Crippen LogP contribution in [0.3, 0.4) is 0 Å². The smallest absolute Gasteiger partial charge is 0.248 e. The molecule has 2 heterocycles. The van der Waals surface area contributed by atoms with E-state index in [1.54, 1.807) is 29.0 Å². The Hall–Kier alpha value is -8.12. The number of pyridine rings is 1. The molecule has 0 aliphatic carbocycles. The van der Waals surface area contributed by atoms with E-state index in [0.29, 0.717) is 37.1 Å². The molecular weight excluding hydrogens is 1030 g/mol. The van der Waals surface area contributed by atoms with Crippen molar-refractivity contribution in [3.05, 3.63) is 114 Å². The largest absolute Gasteiger partial charge is 0.387 e. The van der Waals surface area contributed by atoms with Gasteiger partial charge in [0.15, 0.2) is 0 Å². The summed E-state index contributed by atoms with van der Waals surface area (Å²) in [4.78, 5) is 124. The molecule has 0 unspecified atom stereocenters. The summed E-state index contributed by atoms with van der Waals surface area (Å²) in [5, 5.41) is 28.3. The van der Waals surface area contributed by atoms with Crippen molar-refractivity contribution in [2.45, 2.75) is 123 Å². The van der Waals surface area contributed by atoms with Crippen LogP contribution >= 0.6 is 0 Å². The molecule has 22 nitrogen and oxygen atoms in total. The average Bonchev–Trinajstić information content (AvgIpc) is 3.84. The molecule has 9 amide bonds. The molecule has 4 aromatic rings. The summed E-state index contributed by atoms with van der Waals surface area (Å²) >= 11 is 0. The molecule has 0 aliphatic heterocycles. The Morgan fingerprint density at radius 2 is 1.34 bits per heavy atom. The number of aliphatic hydroxyl groups excluding tert-OH is 1. The summed E-state index contributed by atoms with van der Waals surface area (Å²) in [5.74, 6) is -8.23. The number of unbranched alkanes of at least 4 members (excludes halogenated alkanes) is 1. The van der Waals surface area contributed by atoms with E-state index in [1.165, 1.54) is 38.1 Å². The van der Waals surface area contributed by atoms with Gasteiger partial charge >= 0.3 is 0 Å². The van der Waals surface area contributed by atoms with Crippen molar-refractivity contribution < 1.29 is 57.0 Å². The maximum atomic E-state index is 15.4. The van der Waals surface area contributed by atoms with Gasteiger partial charge in [-0.2, -0.15) is 0 Å². The number of nitrogens with zero attached hydrogens (tertiary/aromatic N) is 3. The summed E-state index contributed by atoms with van der Waals surface area (Å²) < 4.78 is 31.8. The first-order valence-corrected chi connectivity index (χ1v) is 25.9. The number of aromatic nitrogens is 2. The van der Waals surface area contributed by atoms with Crippen molar-refractivity contribution in [3.8, 4) is 11.1 Å². The van der Waals surface area contributed by atoms with Gasteiger partial charge in [0.1, 0.15) is 48.5 Å². The standard InChI is InChI=1S/C55H74F2N12O10/c1-33(63-46(72)26-36-17-21-60-22-18-36)51(76)64-34(2)52(77)67-44(50(59)75)29-47(73)66-43(54(79)62-24-23-61-53(78)42(65-35(3)71)14-10-11-20-58)19-25-69(48(74)32-70)49(55(4,5)6)45-27-38(40-28-39(56)15-16-41(40)57)31-68(45)30-37-12-8-7-9-13-37/h7-9,12-13,15-18,21-22,27-28,31,33-34,42-44,49,70H,10-11,14,19-20,23-26,29-30,32,58H2,1-6H3,(H2,59,75)(H,61,78)(H,62,79)(H,63,72)(H,64,76)(H,65,71)(H,66,73)(H,67,77)/t33-,34-,42-,43-,44-,49-/m0/s1. The monoisotopic (exact) mass is 1100 g/mol. The molecule has 0 aliphatic rings. The van der Waals surface area contributed by atoms with Gasteiger partial charge in [0.2, 0.25) is 53.2 Å². The number of nitrogens with two attached hydrogens (primary N) is 2.